The number of unbranched alkanes of at least 4 members (excludes halogenated alkanes) is 4. The Morgan fingerprint density at radius 2 is 1.86 bits per heavy atom. The van der Waals surface area contributed by atoms with Crippen LogP contribution >= 0.6 is 0 Å². The molecule has 1 aromatic carbocycles. The second-order valence-electron chi connectivity index (χ2n) is 6.00. The van der Waals surface area contributed by atoms with Gasteiger partial charge in [0, 0.05) is 18.4 Å². The number of hydrogen-bond acceptors (Lipinski definition) is 2. The van der Waals surface area contributed by atoms with Crippen molar-refractivity contribution in [1.29, 1.82) is 0 Å². The Morgan fingerprint density at radius 1 is 1.19 bits per heavy atom. The van der Waals surface area contributed by atoms with Gasteiger partial charge in [0.05, 0.1) is 5.54 Å². The van der Waals surface area contributed by atoms with E-state index in [-0.39, 0.29) is 12.2 Å². The minimum Gasteiger partial charge on any atom is -0.315 e. The Hall–Kier alpha value is -1.59. The van der Waals surface area contributed by atoms with Gasteiger partial charge in [0.15, 0.2) is 5.78 Å². The van der Waals surface area contributed by atoms with E-state index in [0.717, 1.165) is 18.4 Å². The molecule has 0 radical (unpaired) electrons. The average Bonchev–Trinajstić information content (AvgIpc) is 2.43. The van der Waals surface area contributed by atoms with Crippen LogP contribution < -0.4 is 5.73 Å². The molecule has 0 aliphatic heterocycles. The molecule has 2 N–H and O–H groups in total. The van der Waals surface area contributed by atoms with Crippen molar-refractivity contribution in [3.8, 4) is 11.8 Å². The molecule has 0 aliphatic rings. The molecule has 0 heterocycles. The number of benzene rings is 1. The van der Waals surface area contributed by atoms with Crippen LogP contribution in [0.25, 0.3) is 0 Å². The van der Waals surface area contributed by atoms with Gasteiger partial charge in [-0.15, -0.1) is 5.92 Å². The predicted molar refractivity (Wildman–Crippen MR) is 89.3 cm³/mol. The van der Waals surface area contributed by atoms with Crippen molar-refractivity contribution < 1.29 is 4.79 Å². The first-order valence-electron chi connectivity index (χ1n) is 7.83. The van der Waals surface area contributed by atoms with Crippen LogP contribution in [0.3, 0.4) is 0 Å². The Bertz CT molecular complexity index is 503. The lowest BCUT2D eigenvalue weighted by molar-refractivity contribution is 0.0967. The first-order chi connectivity index (χ1) is 9.94. The quantitative estimate of drug-likeness (QED) is 0.462. The molecule has 0 aromatic heterocycles. The Labute approximate surface area is 129 Å². The van der Waals surface area contributed by atoms with Crippen LogP contribution in [0.2, 0.25) is 0 Å². The number of carbonyl (C=O) groups is 1. The van der Waals surface area contributed by atoms with Crippen LogP contribution in [0.4, 0.5) is 0 Å². The van der Waals surface area contributed by atoms with Gasteiger partial charge >= 0.3 is 0 Å². The van der Waals surface area contributed by atoms with Gasteiger partial charge < -0.3 is 5.73 Å². The summed E-state index contributed by atoms with van der Waals surface area (Å²) in [6.07, 6.45) is 5.95. The second-order valence-corrected chi connectivity index (χ2v) is 6.00. The number of Topliss-reactive ketones (excluding diaryl/α,β-unsaturated/α-hetero) is 1. The summed E-state index contributed by atoms with van der Waals surface area (Å²) in [6, 6.07) is 7.60. The molecule has 0 saturated carbocycles. The highest BCUT2D eigenvalue weighted by molar-refractivity contribution is 5.97. The minimum atomic E-state index is -0.743. The zero-order valence-corrected chi connectivity index (χ0v) is 13.5. The predicted octanol–water partition coefficient (Wildman–Crippen LogP) is 4.26. The number of aryl methyl sites for hydroxylation is 1. The van der Waals surface area contributed by atoms with E-state index in [4.69, 9.17) is 5.73 Å². The van der Waals surface area contributed by atoms with Crippen molar-refractivity contribution in [2.75, 3.05) is 0 Å². The van der Waals surface area contributed by atoms with E-state index in [1.807, 2.05) is 38.1 Å². The fourth-order valence-corrected chi connectivity index (χ4v) is 2.12. The maximum atomic E-state index is 12.2. The lowest BCUT2D eigenvalue weighted by Crippen LogP contribution is -2.36. The summed E-state index contributed by atoms with van der Waals surface area (Å²) in [5.74, 6) is 6.23. The molecule has 0 spiro atoms. The number of nitrogens with two attached hydrogens (primary N) is 1. The highest BCUT2D eigenvalue weighted by atomic mass is 16.1. The van der Waals surface area contributed by atoms with Crippen LogP contribution in [-0.2, 0) is 0 Å². The van der Waals surface area contributed by atoms with E-state index in [1.165, 1.54) is 19.3 Å². The molecule has 2 heteroatoms. The van der Waals surface area contributed by atoms with E-state index in [2.05, 4.69) is 18.8 Å². The van der Waals surface area contributed by atoms with Crippen LogP contribution in [0.1, 0.15) is 68.3 Å². The van der Waals surface area contributed by atoms with Gasteiger partial charge in [0.1, 0.15) is 0 Å². The highest BCUT2D eigenvalue weighted by Crippen LogP contribution is 2.12. The zero-order valence-electron chi connectivity index (χ0n) is 13.5. The zero-order chi connectivity index (χ0) is 15.7. The molecule has 114 valence electrons. The summed E-state index contributed by atoms with van der Waals surface area (Å²) in [5.41, 5.74) is 7.25. The van der Waals surface area contributed by atoms with Gasteiger partial charge in [-0.1, -0.05) is 61.9 Å². The molecule has 21 heavy (non-hydrogen) atoms. The van der Waals surface area contributed by atoms with Crippen molar-refractivity contribution in [3.05, 3.63) is 35.4 Å². The molecule has 0 bridgehead atoms. The molecule has 0 saturated heterocycles. The molecule has 1 unspecified atom stereocenters. The standard InChI is InChI=1S/C19H27NO/c1-4-5-6-7-8-9-14-19(3,20)15-18(21)17-12-10-16(2)11-13-17/h10-13H,4-8,15,20H2,1-3H3. The summed E-state index contributed by atoms with van der Waals surface area (Å²) < 4.78 is 0. The van der Waals surface area contributed by atoms with Gasteiger partial charge in [-0.05, 0) is 20.3 Å². The third-order valence-corrected chi connectivity index (χ3v) is 3.43. The summed E-state index contributed by atoms with van der Waals surface area (Å²) in [5, 5.41) is 0. The van der Waals surface area contributed by atoms with Crippen molar-refractivity contribution in [3.63, 3.8) is 0 Å². The highest BCUT2D eigenvalue weighted by Gasteiger charge is 2.20. The van der Waals surface area contributed by atoms with Gasteiger partial charge in [-0.3, -0.25) is 4.79 Å². The Kier molecular flexibility index (Phi) is 7.19. The van der Waals surface area contributed by atoms with Crippen molar-refractivity contribution in [2.24, 2.45) is 5.73 Å². The monoisotopic (exact) mass is 285 g/mol. The molecule has 1 rings (SSSR count). The van der Waals surface area contributed by atoms with E-state index < -0.39 is 5.54 Å². The molecule has 2 nitrogen and oxygen atoms in total. The van der Waals surface area contributed by atoms with Gasteiger partial charge in [-0.2, -0.15) is 0 Å². The Morgan fingerprint density at radius 3 is 2.48 bits per heavy atom. The number of ketones is 1. The van der Waals surface area contributed by atoms with Crippen molar-refractivity contribution in [1.82, 2.24) is 0 Å². The van der Waals surface area contributed by atoms with Gasteiger partial charge in [0.2, 0.25) is 0 Å². The second kappa shape index (κ2) is 8.64. The molecular formula is C19H27NO. The minimum absolute atomic E-state index is 0.0558. The fourth-order valence-electron chi connectivity index (χ4n) is 2.12. The van der Waals surface area contributed by atoms with Crippen LogP contribution in [-0.4, -0.2) is 11.3 Å². The largest absolute Gasteiger partial charge is 0.315 e. The van der Waals surface area contributed by atoms with E-state index in [0.29, 0.717) is 5.56 Å². The number of hydrogen-bond donors (Lipinski definition) is 1. The molecule has 0 aliphatic carbocycles. The fraction of sp³-hybridized carbons (Fsp3) is 0.526. The van der Waals surface area contributed by atoms with E-state index in [1.54, 1.807) is 0 Å². The van der Waals surface area contributed by atoms with E-state index in [9.17, 15) is 4.79 Å². The SMILES string of the molecule is CCCCCCC#CC(C)(N)CC(=O)c1ccc(C)cc1. The van der Waals surface area contributed by atoms with Crippen LogP contribution in [0.5, 0.6) is 0 Å². The molecule has 0 amide bonds. The third-order valence-electron chi connectivity index (χ3n) is 3.43. The maximum Gasteiger partial charge on any atom is 0.165 e. The lowest BCUT2D eigenvalue weighted by Gasteiger charge is -2.16. The first kappa shape index (κ1) is 17.5. The molecule has 1 aromatic rings. The van der Waals surface area contributed by atoms with Gasteiger partial charge in [0.25, 0.3) is 0 Å². The first-order valence-corrected chi connectivity index (χ1v) is 7.83. The van der Waals surface area contributed by atoms with Crippen LogP contribution in [0.15, 0.2) is 24.3 Å². The summed E-state index contributed by atoms with van der Waals surface area (Å²) in [7, 11) is 0. The molecule has 1 atom stereocenters. The average molecular weight is 285 g/mol. The topological polar surface area (TPSA) is 43.1 Å². The summed E-state index contributed by atoms with van der Waals surface area (Å²) in [6.45, 7) is 6.03. The summed E-state index contributed by atoms with van der Waals surface area (Å²) >= 11 is 0. The summed E-state index contributed by atoms with van der Waals surface area (Å²) in [4.78, 5) is 12.2. The normalized spacial score (nSPS) is 13.1. The Balaban J connectivity index is 2.49. The lowest BCUT2D eigenvalue weighted by atomic mass is 9.93. The van der Waals surface area contributed by atoms with Gasteiger partial charge in [-0.25, -0.2) is 0 Å². The molecule has 0 fully saturated rings. The van der Waals surface area contributed by atoms with Crippen molar-refractivity contribution in [2.45, 2.75) is 64.8 Å². The third kappa shape index (κ3) is 7.11. The number of rotatable bonds is 7. The smallest absolute Gasteiger partial charge is 0.165 e. The van der Waals surface area contributed by atoms with Crippen molar-refractivity contribution >= 4 is 5.78 Å². The maximum absolute atomic E-state index is 12.2. The number of carbonyl (C=O) groups excluding carboxylic acids is 1. The molecular weight excluding hydrogens is 258 g/mol. The van der Waals surface area contributed by atoms with E-state index >= 15 is 0 Å². The van der Waals surface area contributed by atoms with Crippen LogP contribution in [0, 0.1) is 18.8 Å².